The van der Waals surface area contributed by atoms with Gasteiger partial charge < -0.3 is 15.4 Å². The summed E-state index contributed by atoms with van der Waals surface area (Å²) in [6, 6.07) is 3.97. The van der Waals surface area contributed by atoms with Crippen LogP contribution in [0.25, 0.3) is 0 Å². The second kappa shape index (κ2) is 8.98. The summed E-state index contributed by atoms with van der Waals surface area (Å²) in [6.45, 7) is 6.43. The first-order valence-corrected chi connectivity index (χ1v) is 9.91. The summed E-state index contributed by atoms with van der Waals surface area (Å²) in [5.74, 6) is 2.23. The average Bonchev–Trinajstić information content (AvgIpc) is 3.42. The van der Waals surface area contributed by atoms with E-state index in [0.29, 0.717) is 12.4 Å². The number of aryl methyl sites for hydroxylation is 2. The van der Waals surface area contributed by atoms with Crippen LogP contribution in [-0.4, -0.2) is 36.1 Å². The number of guanidine groups is 1. The van der Waals surface area contributed by atoms with E-state index in [4.69, 9.17) is 4.74 Å². The van der Waals surface area contributed by atoms with Gasteiger partial charge in [0, 0.05) is 43.7 Å². The van der Waals surface area contributed by atoms with Gasteiger partial charge in [0.15, 0.2) is 5.96 Å². The zero-order valence-electron chi connectivity index (χ0n) is 15.7. The van der Waals surface area contributed by atoms with Gasteiger partial charge in [-0.15, -0.1) is 11.3 Å². The number of nitrogens with one attached hydrogen (secondary N) is 2. The Kier molecular flexibility index (Phi) is 6.44. The standard InChI is InChI=1S/C19H27N5OS/c1-13-14(2)26-18(24-13)8-9-21-19(20-3)23-11-16-6-7-17(22-10-16)25-12-15-4-5-15/h6-7,10,15H,4-5,8-9,11-12H2,1-3H3,(H2,20,21,23). The smallest absolute Gasteiger partial charge is 0.213 e. The molecule has 0 aromatic carbocycles. The van der Waals surface area contributed by atoms with E-state index in [1.165, 1.54) is 17.7 Å². The maximum atomic E-state index is 5.66. The quantitative estimate of drug-likeness (QED) is 0.550. The lowest BCUT2D eigenvalue weighted by Crippen LogP contribution is -2.37. The van der Waals surface area contributed by atoms with Crippen LogP contribution in [-0.2, 0) is 13.0 Å². The molecule has 0 radical (unpaired) electrons. The summed E-state index contributed by atoms with van der Waals surface area (Å²) in [5, 5.41) is 7.80. The molecule has 2 heterocycles. The molecule has 140 valence electrons. The van der Waals surface area contributed by atoms with Crippen LogP contribution in [0.2, 0.25) is 0 Å². The lowest BCUT2D eigenvalue weighted by atomic mass is 10.3. The third-order valence-electron chi connectivity index (χ3n) is 4.35. The largest absolute Gasteiger partial charge is 0.477 e. The van der Waals surface area contributed by atoms with Crippen LogP contribution in [0, 0.1) is 19.8 Å². The predicted molar refractivity (Wildman–Crippen MR) is 106 cm³/mol. The van der Waals surface area contributed by atoms with Gasteiger partial charge in [-0.2, -0.15) is 0 Å². The van der Waals surface area contributed by atoms with E-state index >= 15 is 0 Å². The third kappa shape index (κ3) is 5.69. The number of hydrogen-bond acceptors (Lipinski definition) is 5. The molecule has 6 nitrogen and oxygen atoms in total. The Bertz CT molecular complexity index is 717. The van der Waals surface area contributed by atoms with Crippen molar-refractivity contribution in [3.63, 3.8) is 0 Å². The van der Waals surface area contributed by atoms with E-state index in [9.17, 15) is 0 Å². The highest BCUT2D eigenvalue weighted by atomic mass is 32.1. The van der Waals surface area contributed by atoms with E-state index < -0.39 is 0 Å². The molecule has 2 aromatic rings. The van der Waals surface area contributed by atoms with Crippen LogP contribution in [0.5, 0.6) is 5.88 Å². The zero-order valence-corrected chi connectivity index (χ0v) is 16.5. The van der Waals surface area contributed by atoms with Crippen LogP contribution in [0.4, 0.5) is 0 Å². The van der Waals surface area contributed by atoms with Crippen LogP contribution in [0.1, 0.15) is 34.0 Å². The summed E-state index contributed by atoms with van der Waals surface area (Å²) in [4.78, 5) is 14.5. The first-order chi connectivity index (χ1) is 12.6. The highest BCUT2D eigenvalue weighted by Crippen LogP contribution is 2.29. The van der Waals surface area contributed by atoms with Crippen LogP contribution >= 0.6 is 11.3 Å². The van der Waals surface area contributed by atoms with E-state index in [2.05, 4.69) is 39.4 Å². The topological polar surface area (TPSA) is 71.4 Å². The van der Waals surface area contributed by atoms with Crippen molar-refractivity contribution in [3.05, 3.63) is 39.5 Å². The van der Waals surface area contributed by atoms with E-state index in [0.717, 1.165) is 47.7 Å². The van der Waals surface area contributed by atoms with Gasteiger partial charge in [-0.25, -0.2) is 9.97 Å². The van der Waals surface area contributed by atoms with Crippen LogP contribution < -0.4 is 15.4 Å². The normalized spacial score (nSPS) is 14.3. The zero-order chi connectivity index (χ0) is 18.4. The minimum atomic E-state index is 0.672. The lowest BCUT2D eigenvalue weighted by molar-refractivity contribution is 0.288. The fraction of sp³-hybridized carbons (Fsp3) is 0.526. The van der Waals surface area contributed by atoms with E-state index in [-0.39, 0.29) is 0 Å². The predicted octanol–water partition coefficient (Wildman–Crippen LogP) is 2.85. The SMILES string of the molecule is CN=C(NCCc1nc(C)c(C)s1)NCc1ccc(OCC2CC2)nc1. The Morgan fingerprint density at radius 1 is 1.31 bits per heavy atom. The fourth-order valence-corrected chi connectivity index (χ4v) is 3.36. The molecular formula is C19H27N5OS. The first-order valence-electron chi connectivity index (χ1n) is 9.09. The number of thiazole rings is 1. The molecule has 0 aliphatic heterocycles. The maximum Gasteiger partial charge on any atom is 0.213 e. The van der Waals surface area contributed by atoms with Crippen molar-refractivity contribution in [1.29, 1.82) is 0 Å². The number of rotatable bonds is 8. The summed E-state index contributed by atoms with van der Waals surface area (Å²) in [6.07, 6.45) is 5.32. The van der Waals surface area contributed by atoms with Crippen LogP contribution in [0.3, 0.4) is 0 Å². The molecule has 1 fully saturated rings. The molecule has 0 atom stereocenters. The van der Waals surface area contributed by atoms with Gasteiger partial charge in [0.25, 0.3) is 0 Å². The number of hydrogen-bond donors (Lipinski definition) is 2. The van der Waals surface area contributed by atoms with Crippen LogP contribution in [0.15, 0.2) is 23.3 Å². The Hall–Kier alpha value is -2.15. The van der Waals surface area contributed by atoms with Crippen molar-refractivity contribution in [2.24, 2.45) is 10.9 Å². The third-order valence-corrected chi connectivity index (χ3v) is 5.48. The number of nitrogens with zero attached hydrogens (tertiary/aromatic N) is 3. The molecule has 0 unspecified atom stereocenters. The summed E-state index contributed by atoms with van der Waals surface area (Å²) in [5.41, 5.74) is 2.22. The molecule has 2 aromatic heterocycles. The van der Waals surface area contributed by atoms with Gasteiger partial charge in [0.2, 0.25) is 5.88 Å². The van der Waals surface area contributed by atoms with Crippen molar-refractivity contribution >= 4 is 17.3 Å². The van der Waals surface area contributed by atoms with Gasteiger partial charge in [0.1, 0.15) is 0 Å². The monoisotopic (exact) mass is 373 g/mol. The maximum absolute atomic E-state index is 5.66. The van der Waals surface area contributed by atoms with Gasteiger partial charge in [-0.3, -0.25) is 4.99 Å². The molecule has 1 aliphatic carbocycles. The van der Waals surface area contributed by atoms with E-state index in [1.807, 2.05) is 18.3 Å². The summed E-state index contributed by atoms with van der Waals surface area (Å²) < 4.78 is 5.66. The molecule has 3 rings (SSSR count). The summed E-state index contributed by atoms with van der Waals surface area (Å²) in [7, 11) is 1.78. The Morgan fingerprint density at radius 2 is 2.15 bits per heavy atom. The van der Waals surface area contributed by atoms with Crippen molar-refractivity contribution in [1.82, 2.24) is 20.6 Å². The second-order valence-corrected chi connectivity index (χ2v) is 7.90. The van der Waals surface area contributed by atoms with Gasteiger partial charge in [-0.1, -0.05) is 6.07 Å². The highest BCUT2D eigenvalue weighted by Gasteiger charge is 2.22. The Balaban J connectivity index is 1.38. The number of aromatic nitrogens is 2. The lowest BCUT2D eigenvalue weighted by Gasteiger charge is -2.11. The van der Waals surface area contributed by atoms with Crippen molar-refractivity contribution in [3.8, 4) is 5.88 Å². The van der Waals surface area contributed by atoms with Crippen molar-refractivity contribution in [2.45, 2.75) is 39.7 Å². The molecule has 2 N–H and O–H groups in total. The van der Waals surface area contributed by atoms with Gasteiger partial charge in [0.05, 0.1) is 17.3 Å². The average molecular weight is 374 g/mol. The first kappa shape index (κ1) is 18.6. The minimum Gasteiger partial charge on any atom is -0.477 e. The highest BCUT2D eigenvalue weighted by molar-refractivity contribution is 7.11. The second-order valence-electron chi connectivity index (χ2n) is 6.61. The molecule has 1 saturated carbocycles. The molecule has 0 saturated heterocycles. The molecule has 0 bridgehead atoms. The number of pyridine rings is 1. The summed E-state index contributed by atoms with van der Waals surface area (Å²) >= 11 is 1.76. The number of ether oxygens (including phenoxy) is 1. The minimum absolute atomic E-state index is 0.672. The molecule has 26 heavy (non-hydrogen) atoms. The molecule has 1 aliphatic rings. The van der Waals surface area contributed by atoms with Crippen molar-refractivity contribution in [2.75, 3.05) is 20.2 Å². The Morgan fingerprint density at radius 3 is 2.77 bits per heavy atom. The molecular weight excluding hydrogens is 346 g/mol. The fourth-order valence-electron chi connectivity index (χ4n) is 2.43. The van der Waals surface area contributed by atoms with E-state index in [1.54, 1.807) is 18.4 Å². The van der Waals surface area contributed by atoms with Gasteiger partial charge in [-0.05, 0) is 38.2 Å². The molecule has 0 amide bonds. The molecule has 0 spiro atoms. The van der Waals surface area contributed by atoms with Crippen molar-refractivity contribution < 1.29 is 4.74 Å². The number of aliphatic imine (C=N–C) groups is 1. The Labute approximate surface area is 159 Å². The molecule has 7 heteroatoms. The van der Waals surface area contributed by atoms with Gasteiger partial charge >= 0.3 is 0 Å².